The van der Waals surface area contributed by atoms with Crippen molar-refractivity contribution in [3.05, 3.63) is 65.9 Å². The second-order valence-electron chi connectivity index (χ2n) is 5.25. The summed E-state index contributed by atoms with van der Waals surface area (Å²) in [6.45, 7) is -0.0761. The lowest BCUT2D eigenvalue weighted by atomic mass is 10.3. The highest BCUT2D eigenvalue weighted by molar-refractivity contribution is 7.13. The average Bonchev–Trinajstić information content (AvgIpc) is 3.10. The normalized spacial score (nSPS) is 10.2. The molecule has 2 heterocycles. The largest absolute Gasteiger partial charge is 0.347 e. The fourth-order valence-electron chi connectivity index (χ4n) is 2.14. The molecular formula is C18H16N4O2S. The van der Waals surface area contributed by atoms with E-state index in [1.807, 2.05) is 35.7 Å². The lowest BCUT2D eigenvalue weighted by Crippen LogP contribution is -2.33. The van der Waals surface area contributed by atoms with Gasteiger partial charge in [-0.2, -0.15) is 0 Å². The molecule has 3 aromatic rings. The fourth-order valence-corrected chi connectivity index (χ4v) is 2.95. The molecule has 7 heteroatoms. The van der Waals surface area contributed by atoms with Crippen LogP contribution in [0.4, 0.5) is 5.69 Å². The highest BCUT2D eigenvalue weighted by atomic mass is 32.1. The van der Waals surface area contributed by atoms with Crippen LogP contribution in [-0.2, 0) is 16.0 Å². The molecule has 0 atom stereocenters. The van der Waals surface area contributed by atoms with Gasteiger partial charge < -0.3 is 10.6 Å². The van der Waals surface area contributed by atoms with Gasteiger partial charge in [0, 0.05) is 29.0 Å². The van der Waals surface area contributed by atoms with Crippen molar-refractivity contribution in [3.63, 3.8) is 0 Å². The summed E-state index contributed by atoms with van der Waals surface area (Å²) < 4.78 is 0. The Morgan fingerprint density at radius 1 is 1.04 bits per heavy atom. The zero-order chi connectivity index (χ0) is 17.5. The molecule has 2 aromatic heterocycles. The molecule has 0 saturated carbocycles. The van der Waals surface area contributed by atoms with E-state index in [9.17, 15) is 9.59 Å². The first-order valence-corrected chi connectivity index (χ1v) is 8.55. The van der Waals surface area contributed by atoms with Crippen LogP contribution in [0.1, 0.15) is 5.69 Å². The third kappa shape index (κ3) is 4.95. The van der Waals surface area contributed by atoms with E-state index >= 15 is 0 Å². The lowest BCUT2D eigenvalue weighted by molar-refractivity contribution is -0.123. The number of rotatable bonds is 6. The highest BCUT2D eigenvalue weighted by Crippen LogP contribution is 2.22. The summed E-state index contributed by atoms with van der Waals surface area (Å²) in [5.41, 5.74) is 2.29. The molecule has 0 aliphatic carbocycles. The summed E-state index contributed by atoms with van der Waals surface area (Å²) in [7, 11) is 0. The maximum atomic E-state index is 12.0. The SMILES string of the molecule is O=C(Cc1csc(-c2cccnc2)n1)NCC(=O)Nc1ccccc1. The Kier molecular flexibility index (Phi) is 5.48. The molecule has 25 heavy (non-hydrogen) atoms. The molecule has 0 aliphatic rings. The van der Waals surface area contributed by atoms with Gasteiger partial charge in [0.05, 0.1) is 18.7 Å². The van der Waals surface area contributed by atoms with Gasteiger partial charge in [-0.15, -0.1) is 11.3 Å². The second-order valence-corrected chi connectivity index (χ2v) is 6.11. The number of para-hydroxylation sites is 1. The first-order valence-electron chi connectivity index (χ1n) is 7.67. The molecule has 0 aliphatic heterocycles. The van der Waals surface area contributed by atoms with Crippen LogP contribution in [0, 0.1) is 0 Å². The molecule has 0 spiro atoms. The van der Waals surface area contributed by atoms with Gasteiger partial charge >= 0.3 is 0 Å². The van der Waals surface area contributed by atoms with Crippen molar-refractivity contribution in [1.29, 1.82) is 0 Å². The van der Waals surface area contributed by atoms with Crippen molar-refractivity contribution in [2.45, 2.75) is 6.42 Å². The maximum absolute atomic E-state index is 12.0. The molecular weight excluding hydrogens is 336 g/mol. The summed E-state index contributed by atoms with van der Waals surface area (Å²) >= 11 is 1.46. The van der Waals surface area contributed by atoms with Crippen LogP contribution in [0.2, 0.25) is 0 Å². The Morgan fingerprint density at radius 3 is 2.64 bits per heavy atom. The standard InChI is InChI=1S/C18H16N4O2S/c23-16(20-11-17(24)21-14-6-2-1-3-7-14)9-15-12-25-18(22-15)13-5-4-8-19-10-13/h1-8,10,12H,9,11H2,(H,20,23)(H,21,24). The zero-order valence-electron chi connectivity index (χ0n) is 13.3. The number of carbonyl (C=O) groups excluding carboxylic acids is 2. The monoisotopic (exact) mass is 352 g/mol. The summed E-state index contributed by atoms with van der Waals surface area (Å²) in [5.74, 6) is -0.514. The molecule has 2 amide bonds. The summed E-state index contributed by atoms with van der Waals surface area (Å²) in [6.07, 6.45) is 3.57. The van der Waals surface area contributed by atoms with Crippen molar-refractivity contribution in [2.75, 3.05) is 11.9 Å². The minimum atomic E-state index is -0.270. The number of hydrogen-bond acceptors (Lipinski definition) is 5. The third-order valence-electron chi connectivity index (χ3n) is 3.31. The summed E-state index contributed by atoms with van der Waals surface area (Å²) in [4.78, 5) is 32.3. The number of benzene rings is 1. The maximum Gasteiger partial charge on any atom is 0.243 e. The van der Waals surface area contributed by atoms with Crippen LogP contribution >= 0.6 is 11.3 Å². The number of nitrogens with zero attached hydrogens (tertiary/aromatic N) is 2. The van der Waals surface area contributed by atoms with E-state index in [-0.39, 0.29) is 24.8 Å². The number of amides is 2. The van der Waals surface area contributed by atoms with Crippen molar-refractivity contribution in [1.82, 2.24) is 15.3 Å². The van der Waals surface area contributed by atoms with E-state index in [0.29, 0.717) is 11.4 Å². The predicted octanol–water partition coefficient (Wildman–Crippen LogP) is 2.50. The van der Waals surface area contributed by atoms with Crippen LogP contribution in [0.15, 0.2) is 60.2 Å². The molecule has 3 rings (SSSR count). The van der Waals surface area contributed by atoms with Crippen molar-refractivity contribution in [2.24, 2.45) is 0 Å². The molecule has 2 N–H and O–H groups in total. The lowest BCUT2D eigenvalue weighted by Gasteiger charge is -2.06. The van der Waals surface area contributed by atoms with Crippen molar-refractivity contribution in [3.8, 4) is 10.6 Å². The molecule has 6 nitrogen and oxygen atoms in total. The topological polar surface area (TPSA) is 84.0 Å². The van der Waals surface area contributed by atoms with Gasteiger partial charge in [-0.3, -0.25) is 14.6 Å². The Labute approximate surface area is 149 Å². The number of nitrogens with one attached hydrogen (secondary N) is 2. The average molecular weight is 352 g/mol. The van der Waals surface area contributed by atoms with Crippen LogP contribution < -0.4 is 10.6 Å². The number of aromatic nitrogens is 2. The number of hydrogen-bond donors (Lipinski definition) is 2. The van der Waals surface area contributed by atoms with Gasteiger partial charge in [-0.05, 0) is 24.3 Å². The minimum absolute atomic E-state index is 0.0761. The Hall–Kier alpha value is -3.06. The van der Waals surface area contributed by atoms with Crippen molar-refractivity contribution >= 4 is 28.8 Å². The number of pyridine rings is 1. The van der Waals surface area contributed by atoms with E-state index < -0.39 is 0 Å². The van der Waals surface area contributed by atoms with E-state index in [1.165, 1.54) is 11.3 Å². The van der Waals surface area contributed by atoms with E-state index in [4.69, 9.17) is 0 Å². The van der Waals surface area contributed by atoms with Crippen LogP contribution in [0.3, 0.4) is 0 Å². The number of thiazole rings is 1. The minimum Gasteiger partial charge on any atom is -0.347 e. The van der Waals surface area contributed by atoms with Gasteiger partial charge in [-0.25, -0.2) is 4.98 Å². The zero-order valence-corrected chi connectivity index (χ0v) is 14.1. The third-order valence-corrected chi connectivity index (χ3v) is 4.25. The van der Waals surface area contributed by atoms with Gasteiger partial charge in [0.2, 0.25) is 11.8 Å². The number of carbonyl (C=O) groups is 2. The van der Waals surface area contributed by atoms with E-state index in [0.717, 1.165) is 10.6 Å². The van der Waals surface area contributed by atoms with E-state index in [1.54, 1.807) is 24.5 Å². The van der Waals surface area contributed by atoms with Crippen LogP contribution in [0.5, 0.6) is 0 Å². The predicted molar refractivity (Wildman–Crippen MR) is 97.1 cm³/mol. The Morgan fingerprint density at radius 2 is 1.88 bits per heavy atom. The number of anilines is 1. The van der Waals surface area contributed by atoms with Gasteiger partial charge in [0.15, 0.2) is 0 Å². The molecule has 0 fully saturated rings. The van der Waals surface area contributed by atoms with Crippen LogP contribution in [0.25, 0.3) is 10.6 Å². The van der Waals surface area contributed by atoms with Gasteiger partial charge in [0.25, 0.3) is 0 Å². The molecule has 0 saturated heterocycles. The van der Waals surface area contributed by atoms with Crippen molar-refractivity contribution < 1.29 is 9.59 Å². The second kappa shape index (κ2) is 8.16. The first-order chi connectivity index (χ1) is 12.2. The summed E-state index contributed by atoms with van der Waals surface area (Å²) in [6, 6.07) is 12.9. The summed E-state index contributed by atoms with van der Waals surface area (Å²) in [5, 5.41) is 7.97. The quantitative estimate of drug-likeness (QED) is 0.714. The van der Waals surface area contributed by atoms with Crippen LogP contribution in [-0.4, -0.2) is 28.3 Å². The first kappa shape index (κ1) is 16.8. The molecule has 1 aromatic carbocycles. The Balaban J connectivity index is 1.48. The molecule has 0 radical (unpaired) electrons. The highest BCUT2D eigenvalue weighted by Gasteiger charge is 2.10. The molecule has 0 bridgehead atoms. The Bertz CT molecular complexity index is 850. The smallest absolute Gasteiger partial charge is 0.243 e. The molecule has 0 unspecified atom stereocenters. The van der Waals surface area contributed by atoms with Gasteiger partial charge in [-0.1, -0.05) is 18.2 Å². The molecule has 126 valence electrons. The van der Waals surface area contributed by atoms with Gasteiger partial charge in [0.1, 0.15) is 5.01 Å². The van der Waals surface area contributed by atoms with E-state index in [2.05, 4.69) is 20.6 Å². The fraction of sp³-hybridized carbons (Fsp3) is 0.111.